The third-order valence-corrected chi connectivity index (χ3v) is 13.2. The summed E-state index contributed by atoms with van der Waals surface area (Å²) in [6, 6.07) is 1.28. The molecule has 3 saturated heterocycles. The van der Waals surface area contributed by atoms with Crippen molar-refractivity contribution in [3.8, 4) is 10.8 Å². The molecule has 2 aromatic heterocycles. The molecule has 1 unspecified atom stereocenters. The minimum absolute atomic E-state index is 0.0112. The van der Waals surface area contributed by atoms with Gasteiger partial charge in [0.15, 0.2) is 46.0 Å². The van der Waals surface area contributed by atoms with Crippen molar-refractivity contribution in [3.63, 3.8) is 0 Å². The highest BCUT2D eigenvalue weighted by Gasteiger charge is 2.63. The molecule has 5 heterocycles. The molecule has 0 amide bonds. The highest BCUT2D eigenvalue weighted by atomic mass is 32.1. The maximum absolute atomic E-state index is 16.9. The van der Waals surface area contributed by atoms with Crippen LogP contribution in [-0.2, 0) is 54.3 Å². The smallest absolute Gasteiger partial charge is 0.351 e. The number of nitrogens with zero attached hydrogens (tertiary/aromatic N) is 6. The van der Waals surface area contributed by atoms with E-state index in [0.29, 0.717) is 22.3 Å². The number of oxime groups is 1. The highest BCUT2D eigenvalue weighted by Crippen LogP contribution is 2.48. The Hall–Kier alpha value is -4.08. The van der Waals surface area contributed by atoms with Gasteiger partial charge in [-0.3, -0.25) is 14.4 Å². The van der Waals surface area contributed by atoms with Gasteiger partial charge in [0.25, 0.3) is 5.67 Å². The van der Waals surface area contributed by atoms with E-state index < -0.39 is 94.8 Å². The molecule has 3 aliphatic rings. The Balaban J connectivity index is 1.52. The summed E-state index contributed by atoms with van der Waals surface area (Å²) in [6.07, 6.45) is -2.04. The number of hydrogen-bond donors (Lipinski definition) is 2. The van der Waals surface area contributed by atoms with Crippen LogP contribution in [0, 0.1) is 29.6 Å². The Morgan fingerprint density at radius 2 is 1.75 bits per heavy atom. The average molecular weight is 864 g/mol. The molecule has 0 saturated carbocycles. The van der Waals surface area contributed by atoms with E-state index in [9.17, 15) is 24.3 Å². The largest absolute Gasteiger partial charge is 0.455 e. The predicted octanol–water partition coefficient (Wildman–Crippen LogP) is 3.05. The zero-order valence-corrected chi connectivity index (χ0v) is 36.8. The van der Waals surface area contributed by atoms with E-state index in [2.05, 4.69) is 25.3 Å². The average Bonchev–Trinajstić information content (AvgIpc) is 3.79. The number of hydrogen-bond acceptors (Lipinski definition) is 18. The fourth-order valence-corrected chi connectivity index (χ4v) is 9.67. The predicted molar refractivity (Wildman–Crippen MR) is 213 cm³/mol. The van der Waals surface area contributed by atoms with Gasteiger partial charge >= 0.3 is 11.9 Å². The summed E-state index contributed by atoms with van der Waals surface area (Å²) in [5.41, 5.74) is -0.0377. The number of carbonyl (C=O) groups is 4. The van der Waals surface area contributed by atoms with Crippen LogP contribution in [0.4, 0.5) is 4.39 Å². The van der Waals surface area contributed by atoms with Gasteiger partial charge in [-0.2, -0.15) is 0 Å². The summed E-state index contributed by atoms with van der Waals surface area (Å²) < 4.78 is 47.2. The van der Waals surface area contributed by atoms with E-state index in [0.717, 1.165) is 18.3 Å². The third-order valence-electron chi connectivity index (χ3n) is 12.3. The van der Waals surface area contributed by atoms with E-state index in [1.165, 1.54) is 21.0 Å². The molecule has 0 aromatic carbocycles. The number of amidine groups is 1. The van der Waals surface area contributed by atoms with Crippen molar-refractivity contribution in [2.24, 2.45) is 40.5 Å². The van der Waals surface area contributed by atoms with Crippen molar-refractivity contribution < 1.29 is 57.2 Å². The lowest BCUT2D eigenvalue weighted by Gasteiger charge is -2.47. The summed E-state index contributed by atoms with van der Waals surface area (Å²) in [7, 11) is 4.97. The molecule has 0 aliphatic carbocycles. The Morgan fingerprint density at radius 3 is 2.37 bits per heavy atom. The van der Waals surface area contributed by atoms with Crippen molar-refractivity contribution in [2.45, 2.75) is 135 Å². The molecular formula is C40H58FN7O11S. The number of ketones is 2. The molecule has 18 nitrogen and oxygen atoms in total. The molecule has 60 heavy (non-hydrogen) atoms. The van der Waals surface area contributed by atoms with Crippen molar-refractivity contribution in [1.82, 2.24) is 25.1 Å². The van der Waals surface area contributed by atoms with Gasteiger partial charge in [0.2, 0.25) is 0 Å². The molecule has 0 bridgehead atoms. The Morgan fingerprint density at radius 1 is 1.08 bits per heavy atom. The first-order valence-corrected chi connectivity index (χ1v) is 20.9. The molecule has 0 radical (unpaired) electrons. The summed E-state index contributed by atoms with van der Waals surface area (Å²) in [5.74, 6) is -9.71. The summed E-state index contributed by atoms with van der Waals surface area (Å²) in [4.78, 5) is 72.5. The van der Waals surface area contributed by atoms with Crippen LogP contribution in [0.5, 0.6) is 0 Å². The van der Waals surface area contributed by atoms with Crippen molar-refractivity contribution >= 4 is 40.7 Å². The lowest BCUT2D eigenvalue weighted by molar-refractivity contribution is -0.295. The van der Waals surface area contributed by atoms with Gasteiger partial charge in [0.1, 0.15) is 23.9 Å². The van der Waals surface area contributed by atoms with Crippen LogP contribution in [0.15, 0.2) is 23.6 Å². The van der Waals surface area contributed by atoms with Crippen molar-refractivity contribution in [1.29, 1.82) is 0 Å². The van der Waals surface area contributed by atoms with Gasteiger partial charge in [-0.15, -0.1) is 10.2 Å². The second kappa shape index (κ2) is 18.5. The number of aromatic nitrogens is 4. The number of esters is 2. The molecule has 14 atom stereocenters. The lowest BCUT2D eigenvalue weighted by atomic mass is 9.67. The second-order valence-electron chi connectivity index (χ2n) is 16.9. The minimum atomic E-state index is -3.24. The highest BCUT2D eigenvalue weighted by molar-refractivity contribution is 7.14. The minimum Gasteiger partial charge on any atom is -0.455 e. The van der Waals surface area contributed by atoms with E-state index in [1.54, 1.807) is 60.3 Å². The summed E-state index contributed by atoms with van der Waals surface area (Å²) >= 11 is 1.16. The number of aliphatic hydroxyl groups excluding tert-OH is 1. The Bertz CT molecular complexity index is 1900. The van der Waals surface area contributed by atoms with Crippen LogP contribution in [-0.4, -0.2) is 134 Å². The molecule has 20 heteroatoms. The zero-order chi connectivity index (χ0) is 44.5. The number of rotatable bonds is 10. The number of fused-ring (bicyclic) bond motifs is 1. The first kappa shape index (κ1) is 47.0. The first-order chi connectivity index (χ1) is 28.1. The number of Topliss-reactive ketones (excluding diaryl/α,β-unsaturated/α-hetero) is 2. The molecule has 5 rings (SSSR count). The Kier molecular flexibility index (Phi) is 14.5. The van der Waals surface area contributed by atoms with Crippen molar-refractivity contribution in [2.75, 3.05) is 21.2 Å². The van der Waals surface area contributed by atoms with Crippen LogP contribution in [0.2, 0.25) is 0 Å². The lowest BCUT2D eigenvalue weighted by Crippen LogP contribution is -2.61. The summed E-state index contributed by atoms with van der Waals surface area (Å²) in [5, 5.41) is 24.4. The van der Waals surface area contributed by atoms with Crippen LogP contribution >= 0.6 is 11.3 Å². The van der Waals surface area contributed by atoms with Gasteiger partial charge < -0.3 is 44.3 Å². The maximum Gasteiger partial charge on any atom is 0.351 e. The van der Waals surface area contributed by atoms with Crippen molar-refractivity contribution in [3.05, 3.63) is 23.5 Å². The molecule has 3 N–H and O–H groups in total. The van der Waals surface area contributed by atoms with Gasteiger partial charge in [-0.25, -0.2) is 19.2 Å². The fraction of sp³-hybridized carbons (Fsp3) is 0.725. The molecule has 2 aromatic rings. The fourth-order valence-electron chi connectivity index (χ4n) is 8.98. The van der Waals surface area contributed by atoms with Gasteiger partial charge in [0, 0.05) is 49.2 Å². The first-order valence-electron chi connectivity index (χ1n) is 20.1. The van der Waals surface area contributed by atoms with Crippen LogP contribution in [0.1, 0.15) is 79.7 Å². The van der Waals surface area contributed by atoms with E-state index in [-0.39, 0.29) is 37.2 Å². The normalized spacial score (nSPS) is 38.6. The zero-order valence-electron chi connectivity index (χ0n) is 36.0. The number of carbonyl (C=O) groups excluding carboxylic acids is 4. The number of nitrogens with two attached hydrogens (primary N) is 1. The molecule has 3 aliphatic heterocycles. The van der Waals surface area contributed by atoms with Gasteiger partial charge in [-0.1, -0.05) is 44.2 Å². The summed E-state index contributed by atoms with van der Waals surface area (Å²) in [6.45, 7) is 11.8. The van der Waals surface area contributed by atoms with Crippen LogP contribution in [0.25, 0.3) is 10.8 Å². The number of cyclic esters (lactones) is 1. The number of aliphatic hydroxyl groups is 1. The molecular weight excluding hydrogens is 806 g/mol. The number of methoxy groups -OCH3 is 1. The maximum atomic E-state index is 16.9. The monoisotopic (exact) mass is 863 g/mol. The SMILES string of the molecule is CC[C@@H]1OC(=O)[C@@](C)(F)C(=O)[C@H](C)[C@@H](OC2O[C@H](C)C[C@H](N(C)C)[C@H]2O)[C@](C)(OC)C[C@@H](C)C(=O)[C@H](C)[C@H]2[C@H](/C(N)=N/OCc3nnc(-c4ncccn4)s3)C(=O)O[C@@]21C. The molecule has 332 valence electrons. The topological polar surface area (TPSA) is 237 Å². The number of likely N-dealkylation sites (N-methyl/N-ethyl adjacent to an activating group) is 1. The quantitative estimate of drug-likeness (QED) is 0.115. The third kappa shape index (κ3) is 9.23. The number of alkyl halides is 1. The second-order valence-corrected chi connectivity index (χ2v) is 17.9. The van der Waals surface area contributed by atoms with E-state index in [1.807, 2.05) is 11.8 Å². The number of halogens is 1. The van der Waals surface area contributed by atoms with E-state index in [4.69, 9.17) is 34.3 Å². The van der Waals surface area contributed by atoms with E-state index >= 15 is 4.39 Å². The van der Waals surface area contributed by atoms with Gasteiger partial charge in [-0.05, 0) is 67.1 Å². The Labute approximate surface area is 353 Å². The number of ether oxygens (including phenoxy) is 5. The molecule has 0 spiro atoms. The standard InChI is InChI=1S/C40H58FN7O11S/c1-12-24-40(8)27(26(35(52)59-40)32(42)47-55-18-25-45-46-34(60-25)33-43-14-13-15-44-33)21(4)28(49)19(2)17-38(6,54-11)31(22(5)30(51)39(7,41)37(53)57-24)58-36-29(50)23(48(9)10)16-20(3)56-36/h13-15,19-24,26-27,29,31,36,50H,12,16-18H2,1-11H3,(H2,42,47)/t19-,20-,21-,22+,23+,24+,26-,27+,29-,31-,36?,38-,39+,40-/m1/s1. The van der Waals surface area contributed by atoms with Crippen LogP contribution in [0.3, 0.4) is 0 Å². The van der Waals surface area contributed by atoms with Crippen LogP contribution < -0.4 is 5.73 Å². The molecule has 3 fully saturated rings. The van der Waals surface area contributed by atoms with Gasteiger partial charge in [0.05, 0.1) is 17.8 Å².